The van der Waals surface area contributed by atoms with Gasteiger partial charge in [0.1, 0.15) is 0 Å². The highest BCUT2D eigenvalue weighted by Gasteiger charge is 2.40. The number of rotatable bonds is 1. The number of nitrogens with zero attached hydrogens (tertiary/aromatic N) is 3. The molecular formula is C19H17N3O2. The lowest BCUT2D eigenvalue weighted by atomic mass is 9.82. The van der Waals surface area contributed by atoms with Crippen LogP contribution in [0, 0.1) is 5.92 Å². The zero-order valence-corrected chi connectivity index (χ0v) is 13.0. The van der Waals surface area contributed by atoms with E-state index in [9.17, 15) is 9.90 Å². The molecule has 5 heteroatoms. The Labute approximate surface area is 138 Å². The molecular weight excluding hydrogens is 302 g/mol. The Morgan fingerprint density at radius 2 is 2.00 bits per heavy atom. The second kappa shape index (κ2) is 4.92. The first-order valence-corrected chi connectivity index (χ1v) is 8.24. The van der Waals surface area contributed by atoms with Crippen LogP contribution in [0.25, 0.3) is 11.3 Å². The maximum absolute atomic E-state index is 12.0. The minimum Gasteiger partial charge on any atom is -0.386 e. The van der Waals surface area contributed by atoms with Crippen LogP contribution in [-0.4, -0.2) is 19.2 Å². The third-order valence-corrected chi connectivity index (χ3v) is 5.40. The Morgan fingerprint density at radius 3 is 2.92 bits per heavy atom. The Balaban J connectivity index is 1.64. The molecule has 0 aliphatic carbocycles. The van der Waals surface area contributed by atoms with E-state index in [1.54, 1.807) is 16.7 Å². The first-order valence-electron chi connectivity index (χ1n) is 8.24. The smallest absolute Gasteiger partial charge is 0.250 e. The molecule has 0 radical (unpaired) electrons. The topological polar surface area (TPSA) is 60.0 Å². The number of aliphatic hydroxyl groups is 1. The highest BCUT2D eigenvalue weighted by molar-refractivity contribution is 5.69. The van der Waals surface area contributed by atoms with Crippen molar-refractivity contribution in [1.29, 1.82) is 0 Å². The van der Waals surface area contributed by atoms with E-state index in [0.717, 1.165) is 12.1 Å². The van der Waals surface area contributed by atoms with Gasteiger partial charge in [0.05, 0.1) is 36.1 Å². The molecule has 3 atom stereocenters. The van der Waals surface area contributed by atoms with Crippen LogP contribution in [0.5, 0.6) is 0 Å². The van der Waals surface area contributed by atoms with Crippen molar-refractivity contribution in [2.24, 2.45) is 5.92 Å². The maximum Gasteiger partial charge on any atom is 0.250 e. The Bertz CT molecular complexity index is 988. The molecule has 5 rings (SSSR count). The molecule has 2 aliphatic heterocycles. The summed E-state index contributed by atoms with van der Waals surface area (Å²) in [5.41, 5.74) is 4.18. The van der Waals surface area contributed by atoms with Crippen LogP contribution in [0.3, 0.4) is 0 Å². The average molecular weight is 319 g/mol. The van der Waals surface area contributed by atoms with E-state index in [-0.39, 0.29) is 17.5 Å². The van der Waals surface area contributed by atoms with Gasteiger partial charge in [-0.05, 0) is 18.1 Å². The molecule has 0 spiro atoms. The molecule has 24 heavy (non-hydrogen) atoms. The lowest BCUT2D eigenvalue weighted by molar-refractivity contribution is 0.0536. The van der Waals surface area contributed by atoms with Crippen LogP contribution in [0.4, 0.5) is 0 Å². The van der Waals surface area contributed by atoms with Gasteiger partial charge in [-0.1, -0.05) is 30.3 Å². The van der Waals surface area contributed by atoms with Crippen LogP contribution >= 0.6 is 0 Å². The normalized spacial score (nSPS) is 24.3. The molecule has 0 saturated heterocycles. The fraction of sp³-hybridized carbons (Fsp3) is 0.263. The van der Waals surface area contributed by atoms with Crippen molar-refractivity contribution >= 4 is 0 Å². The van der Waals surface area contributed by atoms with Crippen LogP contribution in [0.1, 0.15) is 29.8 Å². The predicted octanol–water partition coefficient (Wildman–Crippen LogP) is 2.37. The Hall–Kier alpha value is -2.66. The van der Waals surface area contributed by atoms with E-state index in [1.165, 1.54) is 11.1 Å². The lowest BCUT2D eigenvalue weighted by Crippen LogP contribution is -2.36. The highest BCUT2D eigenvalue weighted by atomic mass is 16.3. The van der Waals surface area contributed by atoms with Crippen molar-refractivity contribution in [3.8, 4) is 11.3 Å². The van der Waals surface area contributed by atoms with Gasteiger partial charge in [0.15, 0.2) is 0 Å². The van der Waals surface area contributed by atoms with Crippen LogP contribution in [0.15, 0.2) is 59.8 Å². The van der Waals surface area contributed by atoms with Gasteiger partial charge in [-0.15, -0.1) is 0 Å². The fourth-order valence-corrected chi connectivity index (χ4v) is 4.33. The third kappa shape index (κ3) is 1.73. The van der Waals surface area contributed by atoms with E-state index < -0.39 is 6.10 Å². The summed E-state index contributed by atoms with van der Waals surface area (Å²) in [7, 11) is 0. The van der Waals surface area contributed by atoms with Crippen LogP contribution in [0.2, 0.25) is 0 Å². The molecule has 2 aliphatic rings. The lowest BCUT2D eigenvalue weighted by Gasteiger charge is -2.35. The van der Waals surface area contributed by atoms with Crippen molar-refractivity contribution in [1.82, 2.24) is 14.1 Å². The van der Waals surface area contributed by atoms with Crippen molar-refractivity contribution in [2.75, 3.05) is 0 Å². The number of hydrogen-bond donors (Lipinski definition) is 1. The van der Waals surface area contributed by atoms with Crippen molar-refractivity contribution in [3.63, 3.8) is 0 Å². The summed E-state index contributed by atoms with van der Waals surface area (Å²) in [6, 6.07) is 13.5. The van der Waals surface area contributed by atoms with E-state index in [2.05, 4.69) is 21.7 Å². The first-order chi connectivity index (χ1) is 11.8. The molecule has 0 saturated carbocycles. The Kier molecular flexibility index (Phi) is 2.82. The van der Waals surface area contributed by atoms with Crippen molar-refractivity contribution in [2.45, 2.75) is 25.1 Å². The monoisotopic (exact) mass is 319 g/mol. The van der Waals surface area contributed by atoms with E-state index in [1.807, 2.05) is 30.7 Å². The van der Waals surface area contributed by atoms with Crippen molar-refractivity contribution < 1.29 is 5.11 Å². The summed E-state index contributed by atoms with van der Waals surface area (Å²) in [6.07, 6.45) is 3.82. The second-order valence-corrected chi connectivity index (χ2v) is 6.56. The van der Waals surface area contributed by atoms with Gasteiger partial charge in [0.25, 0.3) is 5.56 Å². The van der Waals surface area contributed by atoms with Crippen LogP contribution in [-0.2, 0) is 6.54 Å². The third-order valence-electron chi connectivity index (χ3n) is 5.40. The minimum absolute atomic E-state index is 0.0170. The standard InChI is InChI=1S/C19H17N3O2/c23-17-7-3-6-15-19(24)14(8-9-21(15)17)18-13-5-2-1-4-12(13)16-10-20-11-22(16)18/h1-7,10-11,14,18-19,24H,8-9H2/t14-,18?,19-/m1/s1. The molecule has 0 amide bonds. The molecule has 1 aromatic carbocycles. The largest absolute Gasteiger partial charge is 0.386 e. The van der Waals surface area contributed by atoms with Gasteiger partial charge >= 0.3 is 0 Å². The summed E-state index contributed by atoms with van der Waals surface area (Å²) in [5, 5.41) is 11.0. The van der Waals surface area contributed by atoms with Gasteiger partial charge in [-0.3, -0.25) is 4.79 Å². The highest BCUT2D eigenvalue weighted by Crippen LogP contribution is 2.48. The SMILES string of the molecule is O=c1cccc2n1CC[C@H](C1c3ccccc3-c3cncn31)[C@H]2O. The minimum atomic E-state index is -0.668. The van der Waals surface area contributed by atoms with E-state index >= 15 is 0 Å². The summed E-state index contributed by atoms with van der Waals surface area (Å²) >= 11 is 0. The summed E-state index contributed by atoms with van der Waals surface area (Å²) < 4.78 is 3.85. The Morgan fingerprint density at radius 1 is 1.12 bits per heavy atom. The fourth-order valence-electron chi connectivity index (χ4n) is 4.33. The van der Waals surface area contributed by atoms with E-state index in [4.69, 9.17) is 0 Å². The zero-order chi connectivity index (χ0) is 16.3. The first kappa shape index (κ1) is 13.7. The number of pyridine rings is 1. The number of fused-ring (bicyclic) bond motifs is 4. The van der Waals surface area contributed by atoms with Gasteiger partial charge in [0, 0.05) is 24.1 Å². The predicted molar refractivity (Wildman–Crippen MR) is 89.6 cm³/mol. The molecule has 3 aromatic rings. The van der Waals surface area contributed by atoms with Gasteiger partial charge < -0.3 is 14.2 Å². The second-order valence-electron chi connectivity index (χ2n) is 6.56. The quantitative estimate of drug-likeness (QED) is 0.749. The van der Waals surface area contributed by atoms with Crippen molar-refractivity contribution in [3.05, 3.63) is 76.6 Å². The number of hydrogen-bond acceptors (Lipinski definition) is 3. The molecule has 0 fully saturated rings. The molecule has 1 N–H and O–H groups in total. The maximum atomic E-state index is 12.0. The number of aliphatic hydroxyl groups excluding tert-OH is 1. The molecule has 0 bridgehead atoms. The molecule has 120 valence electrons. The summed E-state index contributed by atoms with van der Waals surface area (Å²) in [4.78, 5) is 16.3. The molecule has 2 aromatic heterocycles. The number of aromatic nitrogens is 3. The van der Waals surface area contributed by atoms with Gasteiger partial charge in [0.2, 0.25) is 0 Å². The van der Waals surface area contributed by atoms with Crippen LogP contribution < -0.4 is 5.56 Å². The van der Waals surface area contributed by atoms with Gasteiger partial charge in [-0.25, -0.2) is 4.98 Å². The summed E-state index contributed by atoms with van der Waals surface area (Å²) in [5.74, 6) is 0.0170. The molecule has 4 heterocycles. The number of benzene rings is 1. The molecule has 5 nitrogen and oxygen atoms in total. The average Bonchev–Trinajstić information content (AvgIpc) is 3.17. The zero-order valence-electron chi connectivity index (χ0n) is 13.0. The number of imidazole rings is 1. The molecule has 1 unspecified atom stereocenters. The summed E-state index contributed by atoms with van der Waals surface area (Å²) in [6.45, 7) is 0.638. The van der Waals surface area contributed by atoms with E-state index in [0.29, 0.717) is 12.2 Å². The van der Waals surface area contributed by atoms with Gasteiger partial charge in [-0.2, -0.15) is 0 Å².